The van der Waals surface area contributed by atoms with Crippen LogP contribution in [0.1, 0.15) is 290 Å². The highest BCUT2D eigenvalue weighted by Crippen LogP contribution is 2.46. The standard InChI is InChI=1S/C98H106N4O10/c1-6-11-23-30-74-35-45-79(46-36-74)55-61-86-87(62-56-80-47-37-75(38-48-80)31-24-12-7-2)90(64-58-82-51-41-77(42-52-82)33-26-14-9-4)98(91(65-59-83-53-43-78(44-54-83)34-27-15-10-5)88(86)63-57-81-49-39-76(40-50-81)32-25-13-8-3)111-69-29-22-20-18-16-17-19-21-28-68-110-95(103)67-70-112-99-97-92-71-84(100(104)105)60-66-89(92)96-93(97)72-85(101(106)107)73-94(96)102(108)109/h35-54,60,66,71-73H,6-34,67-70H2,1-5H3/b99-97+. The van der Waals surface area contributed by atoms with Crippen LogP contribution in [0.4, 0.5) is 17.1 Å². The third-order valence-electron chi connectivity index (χ3n) is 20.1. The fourth-order valence-corrected chi connectivity index (χ4v) is 13.6. The number of carbonyl (C=O) groups excluding carboxylic acids is 1. The summed E-state index contributed by atoms with van der Waals surface area (Å²) in [4.78, 5) is 51.7. The minimum Gasteiger partial charge on any atom is -0.491 e. The van der Waals surface area contributed by atoms with Gasteiger partial charge >= 0.3 is 5.97 Å². The molecule has 0 heterocycles. The summed E-state index contributed by atoms with van der Waals surface area (Å²) in [6.07, 6.45) is 30.6. The van der Waals surface area contributed by atoms with Crippen LogP contribution in [0, 0.1) is 89.5 Å². The summed E-state index contributed by atoms with van der Waals surface area (Å²) in [6, 6.07) is 48.9. The van der Waals surface area contributed by atoms with E-state index in [-0.39, 0.29) is 53.3 Å². The molecule has 0 unspecified atom stereocenters. The Morgan fingerprint density at radius 2 is 0.679 bits per heavy atom. The molecule has 9 rings (SSSR count). The third kappa shape index (κ3) is 26.4. The number of hydrogen-bond acceptors (Lipinski definition) is 11. The normalized spacial score (nSPS) is 11.3. The largest absolute Gasteiger partial charge is 0.491 e. The lowest BCUT2D eigenvalue weighted by Crippen LogP contribution is -2.09. The Morgan fingerprint density at radius 1 is 0.339 bits per heavy atom. The number of rotatable bonds is 40. The van der Waals surface area contributed by atoms with Gasteiger partial charge in [0, 0.05) is 57.1 Å². The number of oxime groups is 1. The van der Waals surface area contributed by atoms with E-state index >= 15 is 0 Å². The van der Waals surface area contributed by atoms with Crippen LogP contribution in [-0.2, 0) is 46.5 Å². The van der Waals surface area contributed by atoms with Gasteiger partial charge in [-0.25, -0.2) is 0 Å². The number of nitrogens with zero attached hydrogens (tertiary/aromatic N) is 4. The van der Waals surface area contributed by atoms with Crippen molar-refractivity contribution in [1.82, 2.24) is 0 Å². The molecule has 14 nitrogen and oxygen atoms in total. The van der Waals surface area contributed by atoms with E-state index in [9.17, 15) is 35.1 Å². The van der Waals surface area contributed by atoms with Gasteiger partial charge in [0.1, 0.15) is 12.3 Å². The van der Waals surface area contributed by atoms with Crippen LogP contribution in [0.5, 0.6) is 5.75 Å². The van der Waals surface area contributed by atoms with Crippen molar-refractivity contribution < 1.29 is 33.9 Å². The fraction of sp³-hybridized carbons (Fsp3) is 0.388. The van der Waals surface area contributed by atoms with E-state index in [1.807, 2.05) is 0 Å². The lowest BCUT2D eigenvalue weighted by molar-refractivity contribution is -0.393. The highest BCUT2D eigenvalue weighted by atomic mass is 16.6. The van der Waals surface area contributed by atoms with E-state index in [0.717, 1.165) is 188 Å². The maximum absolute atomic E-state index is 12.8. The van der Waals surface area contributed by atoms with Crippen molar-refractivity contribution in [3.05, 3.63) is 277 Å². The molecule has 1 aliphatic carbocycles. The molecule has 0 radical (unpaired) electrons. The molecule has 14 heteroatoms. The van der Waals surface area contributed by atoms with Gasteiger partial charge in [0.2, 0.25) is 0 Å². The molecule has 8 aromatic rings. The molecular formula is C98H106N4O10. The van der Waals surface area contributed by atoms with Gasteiger partial charge < -0.3 is 14.3 Å². The number of carbonyl (C=O) groups is 1. The number of aryl methyl sites for hydroxylation is 5. The van der Waals surface area contributed by atoms with Gasteiger partial charge in [-0.15, -0.1) is 0 Å². The van der Waals surface area contributed by atoms with Gasteiger partial charge in [0.05, 0.1) is 73.9 Å². The van der Waals surface area contributed by atoms with Crippen LogP contribution < -0.4 is 4.74 Å². The zero-order valence-electron chi connectivity index (χ0n) is 66.1. The van der Waals surface area contributed by atoms with Gasteiger partial charge in [0.15, 0.2) is 5.75 Å². The quantitative estimate of drug-likeness (QED) is 0.0118. The average molecular weight is 1500 g/mol. The molecule has 0 atom stereocenters. The van der Waals surface area contributed by atoms with E-state index < -0.39 is 32.1 Å². The van der Waals surface area contributed by atoms with Crippen LogP contribution >= 0.6 is 0 Å². The zero-order chi connectivity index (χ0) is 79.1. The van der Waals surface area contributed by atoms with Gasteiger partial charge in [0.25, 0.3) is 17.1 Å². The summed E-state index contributed by atoms with van der Waals surface area (Å²) in [7, 11) is 0. The first-order valence-corrected chi connectivity index (χ1v) is 40.8. The second-order valence-corrected chi connectivity index (χ2v) is 28.9. The molecule has 0 saturated carbocycles. The van der Waals surface area contributed by atoms with Crippen LogP contribution in [0.3, 0.4) is 0 Å². The van der Waals surface area contributed by atoms with Crippen molar-refractivity contribution >= 4 is 28.7 Å². The highest BCUT2D eigenvalue weighted by molar-refractivity contribution is 6.26. The Bertz CT molecular complexity index is 4680. The van der Waals surface area contributed by atoms with Crippen molar-refractivity contribution in [2.75, 3.05) is 19.8 Å². The smallest absolute Gasteiger partial charge is 0.309 e. The molecule has 112 heavy (non-hydrogen) atoms. The summed E-state index contributed by atoms with van der Waals surface area (Å²) in [5.74, 6) is 36.6. The number of ether oxygens (including phenoxy) is 2. The summed E-state index contributed by atoms with van der Waals surface area (Å²) in [6.45, 7) is 11.5. The lowest BCUT2D eigenvalue weighted by Gasteiger charge is -2.17. The number of unbranched alkanes of at least 4 members (excludes halogenated alkanes) is 18. The number of fused-ring (bicyclic) bond motifs is 3. The van der Waals surface area contributed by atoms with Crippen molar-refractivity contribution in [1.29, 1.82) is 0 Å². The molecule has 0 fully saturated rings. The third-order valence-corrected chi connectivity index (χ3v) is 20.1. The number of esters is 1. The second kappa shape index (κ2) is 46.2. The van der Waals surface area contributed by atoms with E-state index in [2.05, 4.69) is 220 Å². The topological polar surface area (TPSA) is 187 Å². The van der Waals surface area contributed by atoms with Crippen molar-refractivity contribution in [3.63, 3.8) is 0 Å². The first kappa shape index (κ1) is 84.5. The molecule has 0 spiro atoms. The first-order chi connectivity index (χ1) is 54.8. The minimum absolute atomic E-state index is 0.00741. The molecule has 0 amide bonds. The Morgan fingerprint density at radius 3 is 1.04 bits per heavy atom. The predicted octanol–water partition coefficient (Wildman–Crippen LogP) is 23.3. The van der Waals surface area contributed by atoms with Crippen LogP contribution in [0.15, 0.2) is 157 Å². The summed E-state index contributed by atoms with van der Waals surface area (Å²) >= 11 is 0. The Kier molecular flexibility index (Phi) is 34.9. The molecule has 0 aromatic heterocycles. The maximum Gasteiger partial charge on any atom is 0.309 e. The summed E-state index contributed by atoms with van der Waals surface area (Å²) in [5, 5.41) is 39.7. The van der Waals surface area contributed by atoms with E-state index in [0.29, 0.717) is 46.6 Å². The molecule has 8 aromatic carbocycles. The van der Waals surface area contributed by atoms with E-state index in [1.165, 1.54) is 78.1 Å². The monoisotopic (exact) mass is 1500 g/mol. The first-order valence-electron chi connectivity index (χ1n) is 40.8. The molecule has 1 aliphatic rings. The number of nitro benzene ring substituents is 3. The lowest BCUT2D eigenvalue weighted by atomic mass is 9.89. The van der Waals surface area contributed by atoms with E-state index in [4.69, 9.17) is 14.3 Å². The minimum atomic E-state index is -0.770. The second-order valence-electron chi connectivity index (χ2n) is 28.9. The number of hydrogen-bond donors (Lipinski definition) is 0. The van der Waals surface area contributed by atoms with Crippen molar-refractivity contribution in [3.8, 4) is 76.1 Å². The summed E-state index contributed by atoms with van der Waals surface area (Å²) in [5.41, 5.74) is 12.8. The van der Waals surface area contributed by atoms with Crippen LogP contribution in [0.2, 0.25) is 0 Å². The molecule has 0 bridgehead atoms. The Hall–Kier alpha value is -11.5. The molecule has 0 N–H and O–H groups in total. The number of nitro groups is 3. The van der Waals surface area contributed by atoms with Gasteiger partial charge in [-0.3, -0.25) is 35.1 Å². The van der Waals surface area contributed by atoms with Gasteiger partial charge in [-0.05, 0) is 177 Å². The molecule has 0 aliphatic heterocycles. The predicted molar refractivity (Wildman–Crippen MR) is 451 cm³/mol. The van der Waals surface area contributed by atoms with Gasteiger partial charge in [-0.2, -0.15) is 0 Å². The van der Waals surface area contributed by atoms with Crippen molar-refractivity contribution in [2.24, 2.45) is 5.16 Å². The van der Waals surface area contributed by atoms with Crippen LogP contribution in [0.25, 0.3) is 11.1 Å². The molecule has 578 valence electrons. The van der Waals surface area contributed by atoms with Gasteiger partial charge in [-0.1, -0.05) is 269 Å². The molecule has 0 saturated heterocycles. The fourth-order valence-electron chi connectivity index (χ4n) is 13.6. The summed E-state index contributed by atoms with van der Waals surface area (Å²) < 4.78 is 12.8. The number of non-ortho nitro benzene ring substituents is 2. The highest BCUT2D eigenvalue weighted by Gasteiger charge is 2.37. The van der Waals surface area contributed by atoms with Crippen molar-refractivity contribution in [2.45, 2.75) is 227 Å². The number of benzene rings is 8. The Labute approximate surface area is 663 Å². The maximum atomic E-state index is 12.8. The zero-order valence-corrected chi connectivity index (χ0v) is 66.1. The van der Waals surface area contributed by atoms with E-state index in [1.54, 1.807) is 0 Å². The SMILES string of the molecule is CCCCCc1ccc(C#Cc2c(C#Cc3ccc(CCCCC)cc3)c(C#Cc3ccc(CCCCC)cc3)c(OCCCCCCCCCCCOC(=O)CCO/N=C3\c4cc([N+](=O)[O-])ccc4-c4c3cc([N+](=O)[O-])cc4[N+](=O)[O-])c(C#Cc3ccc(CCCCC)cc3)c2C#Cc2ccc(CCCCC)cc2)cc1. The molecular weight excluding hydrogens is 1390 g/mol. The van der Waals surface area contributed by atoms with Crippen LogP contribution in [-0.4, -0.2) is 46.3 Å². The average Bonchev–Trinajstić information content (AvgIpc) is 1.57. The Balaban J connectivity index is 0.970.